The standard InChI is InChI=1S/C23H21Cl2N5O2S/c1-2-13-30-20(14-26-21(31)12-7-16-5-3-4-6-19(16)25)28-29-23(30)33-15-22(32)27-18-10-8-17(24)9-11-18/h2-12H,1,13-15H2,(H,26,31)(H,27,32). The summed E-state index contributed by atoms with van der Waals surface area (Å²) in [7, 11) is 0. The Morgan fingerprint density at radius 3 is 2.58 bits per heavy atom. The van der Waals surface area contributed by atoms with Crippen molar-refractivity contribution in [3.05, 3.63) is 88.7 Å². The van der Waals surface area contributed by atoms with Gasteiger partial charge in [-0.1, -0.05) is 59.2 Å². The number of amides is 2. The predicted molar refractivity (Wildman–Crippen MR) is 133 cm³/mol. The minimum atomic E-state index is -0.292. The first kappa shape index (κ1) is 24.6. The van der Waals surface area contributed by atoms with Crippen molar-refractivity contribution in [2.75, 3.05) is 11.1 Å². The highest BCUT2D eigenvalue weighted by Gasteiger charge is 2.14. The van der Waals surface area contributed by atoms with Crippen LogP contribution < -0.4 is 10.6 Å². The fourth-order valence-electron chi connectivity index (χ4n) is 2.73. The van der Waals surface area contributed by atoms with Crippen LogP contribution in [-0.2, 0) is 22.7 Å². The van der Waals surface area contributed by atoms with E-state index in [0.717, 1.165) is 5.56 Å². The van der Waals surface area contributed by atoms with E-state index in [9.17, 15) is 9.59 Å². The van der Waals surface area contributed by atoms with Gasteiger partial charge in [-0.15, -0.1) is 16.8 Å². The lowest BCUT2D eigenvalue weighted by Gasteiger charge is -2.08. The highest BCUT2D eigenvalue weighted by molar-refractivity contribution is 7.99. The monoisotopic (exact) mass is 501 g/mol. The molecule has 10 heteroatoms. The number of allylic oxidation sites excluding steroid dienone is 1. The largest absolute Gasteiger partial charge is 0.345 e. The Morgan fingerprint density at radius 1 is 1.09 bits per heavy atom. The molecule has 2 amide bonds. The van der Waals surface area contributed by atoms with Gasteiger partial charge >= 0.3 is 0 Å². The van der Waals surface area contributed by atoms with Crippen molar-refractivity contribution in [2.24, 2.45) is 0 Å². The van der Waals surface area contributed by atoms with Crippen LogP contribution in [0.1, 0.15) is 11.4 Å². The number of anilines is 1. The molecule has 33 heavy (non-hydrogen) atoms. The van der Waals surface area contributed by atoms with Crippen LogP contribution in [0, 0.1) is 0 Å². The van der Waals surface area contributed by atoms with E-state index in [0.29, 0.717) is 33.3 Å². The molecule has 0 bridgehead atoms. The quantitative estimate of drug-likeness (QED) is 0.236. The van der Waals surface area contributed by atoms with E-state index in [-0.39, 0.29) is 24.1 Å². The van der Waals surface area contributed by atoms with Gasteiger partial charge in [0, 0.05) is 28.4 Å². The normalized spacial score (nSPS) is 10.8. The van der Waals surface area contributed by atoms with Crippen LogP contribution in [0.5, 0.6) is 0 Å². The Kier molecular flexibility index (Phi) is 9.12. The minimum Gasteiger partial charge on any atom is -0.345 e. The molecular formula is C23H21Cl2N5O2S. The number of aromatic nitrogens is 3. The number of carbonyl (C=O) groups is 2. The average molecular weight is 502 g/mol. The molecule has 0 saturated heterocycles. The minimum absolute atomic E-state index is 0.144. The highest BCUT2D eigenvalue weighted by Crippen LogP contribution is 2.19. The molecule has 0 saturated carbocycles. The first-order chi connectivity index (χ1) is 16.0. The average Bonchev–Trinajstić information content (AvgIpc) is 3.19. The van der Waals surface area contributed by atoms with Gasteiger partial charge in [-0.25, -0.2) is 0 Å². The maximum Gasteiger partial charge on any atom is 0.244 e. The molecule has 0 fully saturated rings. The lowest BCUT2D eigenvalue weighted by molar-refractivity contribution is -0.116. The number of benzene rings is 2. The number of rotatable bonds is 10. The van der Waals surface area contributed by atoms with Crippen LogP contribution in [0.25, 0.3) is 6.08 Å². The van der Waals surface area contributed by atoms with E-state index in [1.54, 1.807) is 47.1 Å². The van der Waals surface area contributed by atoms with Gasteiger partial charge in [-0.2, -0.15) is 0 Å². The van der Waals surface area contributed by atoms with Crippen molar-refractivity contribution in [1.82, 2.24) is 20.1 Å². The number of carbonyl (C=O) groups excluding carboxylic acids is 2. The van der Waals surface area contributed by atoms with Crippen LogP contribution >= 0.6 is 35.0 Å². The molecule has 0 aliphatic rings. The molecule has 0 spiro atoms. The molecule has 0 radical (unpaired) electrons. The lowest BCUT2D eigenvalue weighted by Crippen LogP contribution is -2.23. The molecule has 3 aromatic rings. The van der Waals surface area contributed by atoms with Crippen molar-refractivity contribution < 1.29 is 9.59 Å². The van der Waals surface area contributed by atoms with Gasteiger partial charge < -0.3 is 15.2 Å². The smallest absolute Gasteiger partial charge is 0.244 e. The van der Waals surface area contributed by atoms with Gasteiger partial charge in [0.25, 0.3) is 0 Å². The van der Waals surface area contributed by atoms with Gasteiger partial charge in [0.1, 0.15) is 0 Å². The molecular weight excluding hydrogens is 481 g/mol. The van der Waals surface area contributed by atoms with Crippen molar-refractivity contribution in [1.29, 1.82) is 0 Å². The third kappa shape index (κ3) is 7.49. The summed E-state index contributed by atoms with van der Waals surface area (Å²) in [6, 6.07) is 14.1. The molecule has 2 aromatic carbocycles. The number of thioether (sulfide) groups is 1. The molecule has 2 N–H and O–H groups in total. The maximum atomic E-state index is 12.3. The summed E-state index contributed by atoms with van der Waals surface area (Å²) in [5.74, 6) is 0.217. The van der Waals surface area contributed by atoms with Crippen molar-refractivity contribution in [3.8, 4) is 0 Å². The maximum absolute atomic E-state index is 12.3. The van der Waals surface area contributed by atoms with Crippen molar-refractivity contribution in [3.63, 3.8) is 0 Å². The molecule has 0 atom stereocenters. The SMILES string of the molecule is C=CCn1c(CNC(=O)C=Cc2ccccc2Cl)nnc1SCC(=O)Nc1ccc(Cl)cc1. The summed E-state index contributed by atoms with van der Waals surface area (Å²) < 4.78 is 1.80. The zero-order valence-electron chi connectivity index (χ0n) is 17.5. The fourth-order valence-corrected chi connectivity index (χ4v) is 3.82. The summed E-state index contributed by atoms with van der Waals surface area (Å²) in [5.41, 5.74) is 1.41. The summed E-state index contributed by atoms with van der Waals surface area (Å²) >= 11 is 13.2. The van der Waals surface area contributed by atoms with Crippen LogP contribution in [0.4, 0.5) is 5.69 Å². The first-order valence-electron chi connectivity index (χ1n) is 9.88. The van der Waals surface area contributed by atoms with Gasteiger partial charge in [-0.05, 0) is 42.0 Å². The van der Waals surface area contributed by atoms with E-state index >= 15 is 0 Å². The summed E-state index contributed by atoms with van der Waals surface area (Å²) in [5, 5.41) is 15.6. The number of nitrogens with zero attached hydrogens (tertiary/aromatic N) is 3. The van der Waals surface area contributed by atoms with Gasteiger partial charge in [0.05, 0.1) is 12.3 Å². The number of hydrogen-bond donors (Lipinski definition) is 2. The highest BCUT2D eigenvalue weighted by atomic mass is 35.5. The van der Waals surface area contributed by atoms with E-state index in [4.69, 9.17) is 23.2 Å². The number of halogens is 2. The lowest BCUT2D eigenvalue weighted by atomic mass is 10.2. The Morgan fingerprint density at radius 2 is 1.85 bits per heavy atom. The van der Waals surface area contributed by atoms with Gasteiger partial charge in [0.2, 0.25) is 11.8 Å². The van der Waals surface area contributed by atoms with E-state index < -0.39 is 0 Å². The Bertz CT molecular complexity index is 1160. The summed E-state index contributed by atoms with van der Waals surface area (Å²) in [4.78, 5) is 24.5. The first-order valence-corrected chi connectivity index (χ1v) is 11.6. The third-order valence-electron chi connectivity index (χ3n) is 4.31. The molecule has 0 aliphatic heterocycles. The third-order valence-corrected chi connectivity index (χ3v) is 5.87. The predicted octanol–water partition coefficient (Wildman–Crippen LogP) is 4.83. The molecule has 3 rings (SSSR count). The van der Waals surface area contributed by atoms with Gasteiger partial charge in [0.15, 0.2) is 11.0 Å². The van der Waals surface area contributed by atoms with Crippen molar-refractivity contribution in [2.45, 2.75) is 18.2 Å². The zero-order valence-corrected chi connectivity index (χ0v) is 19.8. The molecule has 1 heterocycles. The molecule has 0 unspecified atom stereocenters. The van der Waals surface area contributed by atoms with Crippen LogP contribution in [0.2, 0.25) is 10.0 Å². The van der Waals surface area contributed by atoms with E-state index in [1.165, 1.54) is 17.8 Å². The molecule has 7 nitrogen and oxygen atoms in total. The Balaban J connectivity index is 1.56. The van der Waals surface area contributed by atoms with E-state index in [2.05, 4.69) is 27.4 Å². The zero-order chi connectivity index (χ0) is 23.6. The van der Waals surface area contributed by atoms with Crippen LogP contribution in [0.3, 0.4) is 0 Å². The molecule has 1 aromatic heterocycles. The summed E-state index contributed by atoms with van der Waals surface area (Å²) in [6.45, 7) is 4.37. The van der Waals surface area contributed by atoms with Crippen LogP contribution in [-0.4, -0.2) is 32.3 Å². The van der Waals surface area contributed by atoms with E-state index in [1.807, 2.05) is 18.2 Å². The van der Waals surface area contributed by atoms with Crippen molar-refractivity contribution >= 4 is 58.5 Å². The van der Waals surface area contributed by atoms with Crippen LogP contribution in [0.15, 0.2) is 72.4 Å². The Hall–Kier alpha value is -3.07. The number of hydrogen-bond acceptors (Lipinski definition) is 5. The second-order valence-corrected chi connectivity index (χ2v) is 8.50. The fraction of sp³-hybridized carbons (Fsp3) is 0.130. The number of nitrogens with one attached hydrogen (secondary N) is 2. The summed E-state index contributed by atoms with van der Waals surface area (Å²) in [6.07, 6.45) is 4.75. The Labute approximate surface area is 205 Å². The van der Waals surface area contributed by atoms with Gasteiger partial charge in [-0.3, -0.25) is 9.59 Å². The molecule has 0 aliphatic carbocycles. The molecule has 170 valence electrons. The second kappa shape index (κ2) is 12.2. The topological polar surface area (TPSA) is 88.9 Å². The second-order valence-electron chi connectivity index (χ2n) is 6.71.